The second kappa shape index (κ2) is 9.63. The molecule has 7 atom stereocenters. The summed E-state index contributed by atoms with van der Waals surface area (Å²) in [6.07, 6.45) is -1.27. The normalized spacial score (nSPS) is 35.5. The molecule has 2 rings (SSSR count). The molecule has 0 bridgehead atoms. The molecule has 2 heterocycles. The molecule has 14 nitrogen and oxygen atoms in total. The van der Waals surface area contributed by atoms with Crippen molar-refractivity contribution < 1.29 is 65.4 Å². The summed E-state index contributed by atoms with van der Waals surface area (Å²) in [5.74, 6) is 0. The van der Waals surface area contributed by atoms with Gasteiger partial charge in [0.1, 0.15) is 26.2 Å². The van der Waals surface area contributed by atoms with Gasteiger partial charge in [-0.15, -0.1) is 0 Å². The SMILES string of the molecule is BC1OC(COP(=O)(O)OP(=O)(O)OP(=O)(O)O)C(OC2CCCO2)C1OC. The lowest BCUT2D eigenvalue weighted by molar-refractivity contribution is -0.178. The molecule has 0 aromatic rings. The number of methoxy groups -OCH3 is 1. The van der Waals surface area contributed by atoms with Gasteiger partial charge in [-0.1, -0.05) is 0 Å². The monoisotopic (exact) mass is 470 g/mol. The highest BCUT2D eigenvalue weighted by Gasteiger charge is 2.47. The zero-order chi connectivity index (χ0) is 21.2. The quantitative estimate of drug-likeness (QED) is 0.229. The van der Waals surface area contributed by atoms with Gasteiger partial charge in [0.15, 0.2) is 6.29 Å². The van der Waals surface area contributed by atoms with Crippen LogP contribution in [-0.4, -0.2) is 78.3 Å². The molecule has 0 aliphatic carbocycles. The Morgan fingerprint density at radius 1 is 1.07 bits per heavy atom. The van der Waals surface area contributed by atoms with Crippen molar-refractivity contribution in [3.63, 3.8) is 0 Å². The second-order valence-corrected chi connectivity index (χ2v) is 10.4. The molecular weight excluding hydrogens is 448 g/mol. The molecule has 0 radical (unpaired) electrons. The zero-order valence-electron chi connectivity index (χ0n) is 14.9. The summed E-state index contributed by atoms with van der Waals surface area (Å²) in [4.78, 5) is 35.7. The molecule has 2 fully saturated rings. The standard InChI is InChI=1S/C10H22BO14P3/c1-19-9-8(23-7-3-2-4-20-7)6(22-10(9)11)5-21-27(15,16)25-28(17,18)24-26(12,13)14/h6-10H,2-5,11H2,1H3,(H,15,16)(H,17,18)(H2,12,13,14). The Hall–Kier alpha value is 0.315. The Morgan fingerprint density at radius 2 is 1.75 bits per heavy atom. The first-order chi connectivity index (χ1) is 12.8. The molecule has 0 spiro atoms. The van der Waals surface area contributed by atoms with Gasteiger partial charge in [-0.3, -0.25) is 4.52 Å². The van der Waals surface area contributed by atoms with Crippen molar-refractivity contribution in [2.75, 3.05) is 20.3 Å². The molecule has 2 aliphatic rings. The van der Waals surface area contributed by atoms with E-state index in [-0.39, 0.29) is 0 Å². The lowest BCUT2D eigenvalue weighted by atomic mass is 9.93. The minimum absolute atomic E-state index is 0.467. The summed E-state index contributed by atoms with van der Waals surface area (Å²) in [7, 11) is -13.2. The fraction of sp³-hybridized carbons (Fsp3) is 1.00. The van der Waals surface area contributed by atoms with Gasteiger partial charge in [-0.2, -0.15) is 8.62 Å². The van der Waals surface area contributed by atoms with Gasteiger partial charge in [-0.25, -0.2) is 13.7 Å². The predicted molar refractivity (Wildman–Crippen MR) is 91.7 cm³/mol. The minimum Gasteiger partial charge on any atom is -0.377 e. The Labute approximate surface area is 161 Å². The van der Waals surface area contributed by atoms with Crippen LogP contribution in [0, 0.1) is 0 Å². The van der Waals surface area contributed by atoms with Crippen LogP contribution >= 0.6 is 23.5 Å². The summed E-state index contributed by atoms with van der Waals surface area (Å²) in [5, 5.41) is 0. The van der Waals surface area contributed by atoms with Gasteiger partial charge in [0.05, 0.1) is 12.6 Å². The van der Waals surface area contributed by atoms with E-state index >= 15 is 0 Å². The van der Waals surface area contributed by atoms with Crippen molar-refractivity contribution >= 4 is 31.3 Å². The maximum atomic E-state index is 11.8. The van der Waals surface area contributed by atoms with E-state index in [1.54, 1.807) is 7.85 Å². The summed E-state index contributed by atoms with van der Waals surface area (Å²) in [5.41, 5.74) is 0. The molecule has 2 saturated heterocycles. The van der Waals surface area contributed by atoms with E-state index < -0.39 is 60.7 Å². The first kappa shape index (κ1) is 24.6. The fourth-order valence-electron chi connectivity index (χ4n) is 2.84. The summed E-state index contributed by atoms with van der Waals surface area (Å²) >= 11 is 0. The molecular formula is C10H22BO14P3. The first-order valence-electron chi connectivity index (χ1n) is 8.05. The number of phosphoric acid groups is 3. The van der Waals surface area contributed by atoms with E-state index in [0.717, 1.165) is 6.42 Å². The third kappa shape index (κ3) is 7.53. The third-order valence-electron chi connectivity index (χ3n) is 3.83. The van der Waals surface area contributed by atoms with Crippen LogP contribution in [-0.2, 0) is 45.8 Å². The molecule has 0 aromatic carbocycles. The molecule has 2 aliphatic heterocycles. The van der Waals surface area contributed by atoms with Gasteiger partial charge in [0.25, 0.3) is 0 Å². The molecule has 7 unspecified atom stereocenters. The fourth-order valence-corrected chi connectivity index (χ4v) is 5.87. The van der Waals surface area contributed by atoms with Crippen molar-refractivity contribution in [3.8, 4) is 0 Å². The zero-order valence-corrected chi connectivity index (χ0v) is 17.6. The van der Waals surface area contributed by atoms with Crippen LogP contribution in [0.2, 0.25) is 0 Å². The Morgan fingerprint density at radius 3 is 2.29 bits per heavy atom. The van der Waals surface area contributed by atoms with Gasteiger partial charge < -0.3 is 38.5 Å². The highest BCUT2D eigenvalue weighted by Crippen LogP contribution is 2.66. The summed E-state index contributed by atoms with van der Waals surface area (Å²) in [6, 6.07) is -0.467. The van der Waals surface area contributed by atoms with E-state index in [4.69, 9.17) is 33.6 Å². The molecule has 0 amide bonds. The lowest BCUT2D eigenvalue weighted by Crippen LogP contribution is -2.41. The highest BCUT2D eigenvalue weighted by molar-refractivity contribution is 7.66. The van der Waals surface area contributed by atoms with Gasteiger partial charge in [0.2, 0.25) is 0 Å². The maximum absolute atomic E-state index is 11.8. The van der Waals surface area contributed by atoms with E-state index in [2.05, 4.69) is 13.1 Å². The average Bonchev–Trinajstić information content (AvgIpc) is 3.10. The van der Waals surface area contributed by atoms with Crippen LogP contribution in [0.15, 0.2) is 0 Å². The topological polar surface area (TPSA) is 197 Å². The summed E-state index contributed by atoms with van der Waals surface area (Å²) in [6.45, 7) is -0.0943. The van der Waals surface area contributed by atoms with Crippen LogP contribution in [0.25, 0.3) is 0 Å². The van der Waals surface area contributed by atoms with Crippen molar-refractivity contribution in [2.45, 2.75) is 43.4 Å². The largest absolute Gasteiger partial charge is 0.490 e. The van der Waals surface area contributed by atoms with Crippen molar-refractivity contribution in [3.05, 3.63) is 0 Å². The minimum atomic E-state index is -5.58. The summed E-state index contributed by atoms with van der Waals surface area (Å²) < 4.78 is 67.9. The van der Waals surface area contributed by atoms with E-state index in [1.165, 1.54) is 7.11 Å². The van der Waals surface area contributed by atoms with E-state index in [9.17, 15) is 18.6 Å². The first-order valence-corrected chi connectivity index (χ1v) is 12.6. The number of hydrogen-bond donors (Lipinski definition) is 4. The molecule has 28 heavy (non-hydrogen) atoms. The second-order valence-electron chi connectivity index (χ2n) is 6.01. The van der Waals surface area contributed by atoms with Crippen LogP contribution < -0.4 is 0 Å². The Bertz CT molecular complexity index is 664. The lowest BCUT2D eigenvalue weighted by Gasteiger charge is -2.26. The van der Waals surface area contributed by atoms with Crippen LogP contribution in [0.3, 0.4) is 0 Å². The van der Waals surface area contributed by atoms with E-state index in [1.807, 2.05) is 0 Å². The predicted octanol–water partition coefficient (Wildman–Crippen LogP) is -0.776. The Balaban J connectivity index is 1.98. The molecule has 0 aromatic heterocycles. The van der Waals surface area contributed by atoms with Crippen molar-refractivity contribution in [1.82, 2.24) is 0 Å². The number of hydrogen-bond acceptors (Lipinski definition) is 10. The average molecular weight is 470 g/mol. The van der Waals surface area contributed by atoms with Gasteiger partial charge in [-0.05, 0) is 6.42 Å². The number of ether oxygens (including phenoxy) is 4. The molecule has 0 saturated carbocycles. The third-order valence-corrected chi connectivity index (χ3v) is 7.63. The molecule has 164 valence electrons. The highest BCUT2D eigenvalue weighted by atomic mass is 31.3. The van der Waals surface area contributed by atoms with Crippen LogP contribution in [0.5, 0.6) is 0 Å². The van der Waals surface area contributed by atoms with Crippen LogP contribution in [0.1, 0.15) is 12.8 Å². The van der Waals surface area contributed by atoms with Crippen LogP contribution in [0.4, 0.5) is 0 Å². The maximum Gasteiger partial charge on any atom is 0.490 e. The Kier molecular flexibility index (Phi) is 8.46. The van der Waals surface area contributed by atoms with Gasteiger partial charge in [0, 0.05) is 20.1 Å². The van der Waals surface area contributed by atoms with Gasteiger partial charge >= 0.3 is 23.5 Å². The smallest absolute Gasteiger partial charge is 0.377 e. The molecule has 4 N–H and O–H groups in total. The van der Waals surface area contributed by atoms with Crippen molar-refractivity contribution in [2.24, 2.45) is 0 Å². The van der Waals surface area contributed by atoms with Crippen molar-refractivity contribution in [1.29, 1.82) is 0 Å². The number of rotatable bonds is 10. The van der Waals surface area contributed by atoms with E-state index in [0.29, 0.717) is 13.0 Å². The molecule has 18 heteroatoms. The number of phosphoric ester groups is 1.